The fourth-order valence-corrected chi connectivity index (χ4v) is 3.05. The van der Waals surface area contributed by atoms with Gasteiger partial charge < -0.3 is 10.0 Å². The Bertz CT molecular complexity index is 507. The molecule has 1 aromatic heterocycles. The Balaban J connectivity index is 2.30. The number of aliphatic carboxylic acids is 1. The quantitative estimate of drug-likeness (QED) is 0.889. The molecule has 2 rings (SSSR count). The van der Waals surface area contributed by atoms with Crippen molar-refractivity contribution in [2.75, 3.05) is 6.54 Å². The van der Waals surface area contributed by atoms with E-state index < -0.39 is 12.0 Å². The summed E-state index contributed by atoms with van der Waals surface area (Å²) in [5.41, 5.74) is 0.356. The van der Waals surface area contributed by atoms with Gasteiger partial charge in [0.1, 0.15) is 10.9 Å². The Labute approximate surface area is 115 Å². The molecule has 0 aliphatic carbocycles. The Morgan fingerprint density at radius 2 is 2.11 bits per heavy atom. The summed E-state index contributed by atoms with van der Waals surface area (Å²) in [6.07, 6.45) is 1.23. The molecule has 104 valence electrons. The Morgan fingerprint density at radius 1 is 1.42 bits per heavy atom. The summed E-state index contributed by atoms with van der Waals surface area (Å²) < 4.78 is 3.85. The first-order valence-electron chi connectivity index (χ1n) is 6.19. The van der Waals surface area contributed by atoms with Crippen LogP contribution in [0.2, 0.25) is 0 Å². The molecule has 1 aliphatic heterocycles. The average Bonchev–Trinajstić information content (AvgIpc) is 2.96. The number of carboxylic acid groups (broad SMARTS) is 1. The number of rotatable bonds is 2. The molecular formula is C12H17N3O3S. The van der Waals surface area contributed by atoms with Crippen LogP contribution in [0.5, 0.6) is 0 Å². The molecule has 0 radical (unpaired) electrons. The molecule has 7 heteroatoms. The van der Waals surface area contributed by atoms with Crippen LogP contribution >= 0.6 is 11.5 Å². The summed E-state index contributed by atoms with van der Waals surface area (Å²) in [6.45, 7) is 6.36. The first-order valence-corrected chi connectivity index (χ1v) is 6.96. The topological polar surface area (TPSA) is 83.4 Å². The van der Waals surface area contributed by atoms with Gasteiger partial charge in [-0.2, -0.15) is 0 Å². The minimum Gasteiger partial charge on any atom is -0.480 e. The van der Waals surface area contributed by atoms with E-state index in [4.69, 9.17) is 5.11 Å². The number of carbonyl (C=O) groups excluding carboxylic acids is 1. The maximum atomic E-state index is 12.5. The molecule has 1 fully saturated rings. The monoisotopic (exact) mass is 283 g/mol. The van der Waals surface area contributed by atoms with E-state index in [2.05, 4.69) is 9.59 Å². The van der Waals surface area contributed by atoms with E-state index in [-0.39, 0.29) is 11.3 Å². The number of hydrogen-bond donors (Lipinski definition) is 1. The highest BCUT2D eigenvalue weighted by Crippen LogP contribution is 2.29. The SMILES string of the molecule is CC(C)(C)c1nnsc1C(=O)N1CCCC1C(=O)O. The molecular weight excluding hydrogens is 266 g/mol. The summed E-state index contributed by atoms with van der Waals surface area (Å²) in [4.78, 5) is 25.5. The van der Waals surface area contributed by atoms with Crippen LogP contribution in [-0.2, 0) is 10.2 Å². The highest BCUT2D eigenvalue weighted by molar-refractivity contribution is 7.08. The fourth-order valence-electron chi connectivity index (χ4n) is 2.22. The van der Waals surface area contributed by atoms with E-state index in [0.717, 1.165) is 18.0 Å². The zero-order chi connectivity index (χ0) is 14.2. The number of aromatic nitrogens is 2. The van der Waals surface area contributed by atoms with Gasteiger partial charge in [-0.1, -0.05) is 25.3 Å². The summed E-state index contributed by atoms with van der Waals surface area (Å²) in [7, 11) is 0. The van der Waals surface area contributed by atoms with Crippen molar-refractivity contribution in [2.24, 2.45) is 0 Å². The van der Waals surface area contributed by atoms with Gasteiger partial charge in [0, 0.05) is 12.0 Å². The molecule has 1 aromatic rings. The van der Waals surface area contributed by atoms with E-state index in [0.29, 0.717) is 23.5 Å². The lowest BCUT2D eigenvalue weighted by Gasteiger charge is -2.22. The minimum absolute atomic E-state index is 0.259. The third kappa shape index (κ3) is 2.60. The van der Waals surface area contributed by atoms with Crippen LogP contribution < -0.4 is 0 Å². The van der Waals surface area contributed by atoms with Crippen LogP contribution in [0.15, 0.2) is 0 Å². The van der Waals surface area contributed by atoms with E-state index in [1.807, 2.05) is 20.8 Å². The lowest BCUT2D eigenvalue weighted by molar-refractivity contribution is -0.141. The summed E-state index contributed by atoms with van der Waals surface area (Å²) in [5, 5.41) is 13.2. The van der Waals surface area contributed by atoms with Gasteiger partial charge in [-0.25, -0.2) is 4.79 Å². The highest BCUT2D eigenvalue weighted by Gasteiger charge is 2.37. The van der Waals surface area contributed by atoms with Gasteiger partial charge >= 0.3 is 5.97 Å². The van der Waals surface area contributed by atoms with Crippen LogP contribution in [0.3, 0.4) is 0 Å². The number of carbonyl (C=O) groups is 2. The molecule has 1 N–H and O–H groups in total. The second-order valence-electron chi connectivity index (χ2n) is 5.70. The molecule has 0 bridgehead atoms. The van der Waals surface area contributed by atoms with Crippen molar-refractivity contribution in [2.45, 2.75) is 45.1 Å². The van der Waals surface area contributed by atoms with Crippen molar-refractivity contribution in [3.63, 3.8) is 0 Å². The van der Waals surface area contributed by atoms with Crippen LogP contribution in [-0.4, -0.2) is 44.1 Å². The zero-order valence-corrected chi connectivity index (χ0v) is 12.0. The van der Waals surface area contributed by atoms with Crippen molar-refractivity contribution in [1.82, 2.24) is 14.5 Å². The Kier molecular flexibility index (Phi) is 3.58. The second-order valence-corrected chi connectivity index (χ2v) is 6.45. The van der Waals surface area contributed by atoms with E-state index in [9.17, 15) is 9.59 Å². The van der Waals surface area contributed by atoms with E-state index in [1.165, 1.54) is 4.90 Å². The largest absolute Gasteiger partial charge is 0.480 e. The third-order valence-electron chi connectivity index (χ3n) is 3.19. The fraction of sp³-hybridized carbons (Fsp3) is 0.667. The highest BCUT2D eigenvalue weighted by atomic mass is 32.1. The van der Waals surface area contributed by atoms with E-state index >= 15 is 0 Å². The molecule has 2 heterocycles. The van der Waals surface area contributed by atoms with Crippen LogP contribution in [0.1, 0.15) is 49.0 Å². The average molecular weight is 283 g/mol. The zero-order valence-electron chi connectivity index (χ0n) is 11.2. The van der Waals surface area contributed by atoms with Crippen LogP contribution in [0.4, 0.5) is 0 Å². The van der Waals surface area contributed by atoms with Crippen molar-refractivity contribution in [1.29, 1.82) is 0 Å². The number of hydrogen-bond acceptors (Lipinski definition) is 5. The lowest BCUT2D eigenvalue weighted by atomic mass is 9.91. The molecule has 0 saturated carbocycles. The first-order chi connectivity index (χ1) is 8.82. The van der Waals surface area contributed by atoms with Crippen molar-refractivity contribution in [3.05, 3.63) is 10.6 Å². The molecule has 1 unspecified atom stereocenters. The summed E-state index contributed by atoms with van der Waals surface area (Å²) in [6, 6.07) is -0.720. The number of amides is 1. The molecule has 1 amide bonds. The van der Waals surface area contributed by atoms with Gasteiger partial charge in [0.05, 0.1) is 5.69 Å². The second kappa shape index (κ2) is 4.88. The third-order valence-corrected chi connectivity index (χ3v) is 3.91. The molecule has 19 heavy (non-hydrogen) atoms. The lowest BCUT2D eigenvalue weighted by Crippen LogP contribution is -2.40. The van der Waals surface area contributed by atoms with Gasteiger partial charge in [-0.15, -0.1) is 5.10 Å². The predicted octanol–water partition coefficient (Wildman–Crippen LogP) is 1.52. The van der Waals surface area contributed by atoms with Gasteiger partial charge in [-0.3, -0.25) is 4.79 Å². The first kappa shape index (κ1) is 13.9. The molecule has 0 aromatic carbocycles. The van der Waals surface area contributed by atoms with Crippen molar-refractivity contribution < 1.29 is 14.7 Å². The van der Waals surface area contributed by atoms with Crippen LogP contribution in [0, 0.1) is 0 Å². The number of carboxylic acids is 1. The number of likely N-dealkylation sites (tertiary alicyclic amines) is 1. The predicted molar refractivity (Wildman–Crippen MR) is 70.3 cm³/mol. The molecule has 1 aliphatic rings. The normalized spacial score (nSPS) is 19.7. The van der Waals surface area contributed by atoms with Gasteiger partial charge in [-0.05, 0) is 24.4 Å². The van der Waals surface area contributed by atoms with Crippen molar-refractivity contribution in [3.8, 4) is 0 Å². The summed E-state index contributed by atoms with van der Waals surface area (Å²) >= 11 is 1.04. The van der Waals surface area contributed by atoms with Crippen LogP contribution in [0.25, 0.3) is 0 Å². The molecule has 1 saturated heterocycles. The Morgan fingerprint density at radius 3 is 2.68 bits per heavy atom. The van der Waals surface area contributed by atoms with Gasteiger partial charge in [0.25, 0.3) is 5.91 Å². The molecule has 0 spiro atoms. The maximum Gasteiger partial charge on any atom is 0.326 e. The number of nitrogens with zero attached hydrogens (tertiary/aromatic N) is 3. The van der Waals surface area contributed by atoms with E-state index in [1.54, 1.807) is 0 Å². The van der Waals surface area contributed by atoms with Gasteiger partial charge in [0.2, 0.25) is 0 Å². The maximum absolute atomic E-state index is 12.5. The van der Waals surface area contributed by atoms with Crippen molar-refractivity contribution >= 4 is 23.4 Å². The standard InChI is InChI=1S/C12H17N3O3S/c1-12(2,3)9-8(19-14-13-9)10(16)15-6-4-5-7(15)11(17)18/h7H,4-6H2,1-3H3,(H,17,18). The smallest absolute Gasteiger partial charge is 0.326 e. The minimum atomic E-state index is -0.944. The van der Waals surface area contributed by atoms with Gasteiger partial charge in [0.15, 0.2) is 0 Å². The Hall–Kier alpha value is -1.50. The summed E-state index contributed by atoms with van der Waals surface area (Å²) in [5.74, 6) is -1.20. The molecule has 6 nitrogen and oxygen atoms in total. The molecule has 1 atom stereocenters.